The molecule has 10 heteroatoms. The summed E-state index contributed by atoms with van der Waals surface area (Å²) in [5.74, 6) is -0.121. The van der Waals surface area contributed by atoms with Crippen molar-refractivity contribution in [1.29, 1.82) is 0 Å². The van der Waals surface area contributed by atoms with Crippen molar-refractivity contribution < 1.29 is 9.72 Å². The number of fused-ring (bicyclic) bond motifs is 1. The van der Waals surface area contributed by atoms with E-state index in [-0.39, 0.29) is 11.6 Å². The van der Waals surface area contributed by atoms with E-state index in [9.17, 15) is 14.9 Å². The van der Waals surface area contributed by atoms with Crippen molar-refractivity contribution in [2.75, 3.05) is 26.2 Å². The topological polar surface area (TPSA) is 79.6 Å². The maximum atomic E-state index is 13.2. The maximum Gasteiger partial charge on any atom is 0.270 e. The first-order valence-corrected chi connectivity index (χ1v) is 12.9. The van der Waals surface area contributed by atoms with Crippen LogP contribution in [0.1, 0.15) is 20.9 Å². The summed E-state index contributed by atoms with van der Waals surface area (Å²) in [7, 11) is 0. The Morgan fingerprint density at radius 3 is 2.68 bits per heavy atom. The molecule has 1 aliphatic heterocycles. The van der Waals surface area contributed by atoms with Gasteiger partial charge in [-0.25, -0.2) is 4.98 Å². The molecule has 2 aromatic carbocycles. The van der Waals surface area contributed by atoms with Crippen molar-refractivity contribution in [3.63, 3.8) is 0 Å². The van der Waals surface area contributed by atoms with Gasteiger partial charge in [0, 0.05) is 65.9 Å². The van der Waals surface area contributed by atoms with Crippen LogP contribution in [-0.4, -0.2) is 51.8 Å². The van der Waals surface area contributed by atoms with Gasteiger partial charge in [0.2, 0.25) is 0 Å². The van der Waals surface area contributed by atoms with Gasteiger partial charge in [-0.1, -0.05) is 35.9 Å². The molecule has 0 N–H and O–H groups in total. The lowest BCUT2D eigenvalue weighted by Crippen LogP contribution is -2.48. The third kappa shape index (κ3) is 4.44. The van der Waals surface area contributed by atoms with Crippen LogP contribution in [0.5, 0.6) is 0 Å². The summed E-state index contributed by atoms with van der Waals surface area (Å²) in [5.41, 5.74) is 3.41. The number of nitrogens with zero attached hydrogens (tertiary/aromatic N) is 4. The average molecular weight is 513 g/mol. The Morgan fingerprint density at radius 1 is 1.18 bits per heavy atom. The fraction of sp³-hybridized carbons (Fsp3) is 0.250. The van der Waals surface area contributed by atoms with Gasteiger partial charge in [0.1, 0.15) is 9.88 Å². The van der Waals surface area contributed by atoms with Crippen LogP contribution in [0.25, 0.3) is 20.7 Å². The first kappa shape index (κ1) is 22.9. The van der Waals surface area contributed by atoms with Crippen LogP contribution in [0.15, 0.2) is 47.8 Å². The molecule has 174 valence electrons. The molecule has 0 radical (unpaired) electrons. The third-order valence-electron chi connectivity index (χ3n) is 5.99. The maximum absolute atomic E-state index is 13.2. The molecule has 7 nitrogen and oxygen atoms in total. The fourth-order valence-corrected chi connectivity index (χ4v) is 6.52. The molecular formula is C24H21ClN4O3S2. The number of non-ortho nitro benzene ring substituents is 1. The smallest absolute Gasteiger partial charge is 0.270 e. The number of piperazine rings is 1. The van der Waals surface area contributed by atoms with Gasteiger partial charge in [0.05, 0.1) is 15.6 Å². The third-order valence-corrected chi connectivity index (χ3v) is 8.56. The first-order chi connectivity index (χ1) is 16.4. The molecule has 0 aliphatic carbocycles. The van der Waals surface area contributed by atoms with Gasteiger partial charge in [-0.3, -0.25) is 19.8 Å². The lowest BCUT2D eigenvalue weighted by atomic mass is 10.1. The van der Waals surface area contributed by atoms with Crippen LogP contribution >= 0.6 is 34.3 Å². The molecule has 1 fully saturated rings. The largest absolute Gasteiger partial charge is 0.335 e. The summed E-state index contributed by atoms with van der Waals surface area (Å²) in [5, 5.41) is 15.2. The predicted octanol–water partition coefficient (Wildman–Crippen LogP) is 5.85. The molecule has 34 heavy (non-hydrogen) atoms. The normalized spacial score (nSPS) is 14.6. The first-order valence-electron chi connectivity index (χ1n) is 10.8. The zero-order valence-corrected chi connectivity index (χ0v) is 20.8. The number of nitro benzene ring substituents is 1. The van der Waals surface area contributed by atoms with Crippen molar-refractivity contribution >= 4 is 56.0 Å². The highest BCUT2D eigenvalue weighted by Crippen LogP contribution is 2.38. The summed E-state index contributed by atoms with van der Waals surface area (Å²) in [6, 6.07) is 12.8. The van der Waals surface area contributed by atoms with Gasteiger partial charge in [-0.2, -0.15) is 0 Å². The lowest BCUT2D eigenvalue weighted by molar-refractivity contribution is -0.384. The Labute approximate surface area is 209 Å². The van der Waals surface area contributed by atoms with E-state index in [0.29, 0.717) is 33.1 Å². The van der Waals surface area contributed by atoms with E-state index in [1.54, 1.807) is 22.3 Å². The van der Waals surface area contributed by atoms with Crippen LogP contribution in [-0.2, 0) is 6.54 Å². The van der Waals surface area contributed by atoms with Crippen LogP contribution in [0.4, 0.5) is 5.69 Å². The predicted molar refractivity (Wildman–Crippen MR) is 137 cm³/mol. The molecule has 0 bridgehead atoms. The Balaban J connectivity index is 1.23. The van der Waals surface area contributed by atoms with E-state index in [1.165, 1.54) is 34.6 Å². The molecule has 0 saturated carbocycles. The fourth-order valence-electron chi connectivity index (χ4n) is 4.10. The van der Waals surface area contributed by atoms with Gasteiger partial charge in [0.25, 0.3) is 11.6 Å². The minimum atomic E-state index is -0.444. The Morgan fingerprint density at radius 2 is 1.94 bits per heavy atom. The van der Waals surface area contributed by atoms with Crippen LogP contribution < -0.4 is 0 Å². The Kier molecular flexibility index (Phi) is 6.35. The number of rotatable bonds is 5. The van der Waals surface area contributed by atoms with Crippen molar-refractivity contribution in [1.82, 2.24) is 14.8 Å². The van der Waals surface area contributed by atoms with E-state index in [1.807, 2.05) is 12.1 Å². The second-order valence-electron chi connectivity index (χ2n) is 8.21. The number of amides is 1. The van der Waals surface area contributed by atoms with Crippen molar-refractivity contribution in [2.45, 2.75) is 13.5 Å². The number of carbonyl (C=O) groups excluding carboxylic acids is 1. The quantitative estimate of drug-likeness (QED) is 0.247. The van der Waals surface area contributed by atoms with Crippen LogP contribution in [0.2, 0.25) is 5.02 Å². The average Bonchev–Trinajstić information content (AvgIpc) is 3.43. The number of thiophene rings is 1. The standard InChI is InChI=1S/C24H21ClN4O3S2/c1-15-4-2-3-5-18(15)23-26-16(14-33-23)13-27-8-10-28(11-9-27)24(30)22-21(25)19-7-6-17(29(31)32)12-20(19)34-22/h2-7,12,14H,8-11,13H2,1H3. The van der Waals surface area contributed by atoms with Crippen molar-refractivity contribution in [2.24, 2.45) is 0 Å². The van der Waals surface area contributed by atoms with E-state index < -0.39 is 4.92 Å². The molecule has 1 saturated heterocycles. The summed E-state index contributed by atoms with van der Waals surface area (Å²) >= 11 is 9.35. The zero-order chi connectivity index (χ0) is 23.8. The van der Waals surface area contributed by atoms with Crippen molar-refractivity contribution in [3.05, 3.63) is 79.1 Å². The van der Waals surface area contributed by atoms with Crippen LogP contribution in [0.3, 0.4) is 0 Å². The van der Waals surface area contributed by atoms with Gasteiger partial charge in [0.15, 0.2) is 0 Å². The lowest BCUT2D eigenvalue weighted by Gasteiger charge is -2.34. The van der Waals surface area contributed by atoms with E-state index in [4.69, 9.17) is 16.6 Å². The minimum Gasteiger partial charge on any atom is -0.335 e. The van der Waals surface area contributed by atoms with Gasteiger partial charge < -0.3 is 4.90 Å². The monoisotopic (exact) mass is 512 g/mol. The zero-order valence-electron chi connectivity index (χ0n) is 18.4. The summed E-state index contributed by atoms with van der Waals surface area (Å²) in [4.78, 5) is 33.1. The number of aryl methyl sites for hydroxylation is 1. The molecule has 1 amide bonds. The Bertz CT molecular complexity index is 1390. The second-order valence-corrected chi connectivity index (χ2v) is 10.5. The number of aromatic nitrogens is 1. The van der Waals surface area contributed by atoms with Gasteiger partial charge in [-0.05, 0) is 18.6 Å². The van der Waals surface area contributed by atoms with E-state index in [2.05, 4.69) is 29.3 Å². The van der Waals surface area contributed by atoms with Crippen molar-refractivity contribution in [3.8, 4) is 10.6 Å². The summed E-state index contributed by atoms with van der Waals surface area (Å²) in [6.45, 7) is 5.53. The second kappa shape index (κ2) is 9.42. The van der Waals surface area contributed by atoms with Crippen LogP contribution in [0, 0.1) is 17.0 Å². The molecule has 1 aliphatic rings. The molecule has 4 aromatic rings. The SMILES string of the molecule is Cc1ccccc1-c1nc(CN2CCN(C(=O)c3sc4cc([N+](=O)[O-])ccc4c3Cl)CC2)cs1. The molecule has 3 heterocycles. The molecule has 2 aromatic heterocycles. The minimum absolute atomic E-state index is 0.00866. The Hall–Kier alpha value is -2.85. The molecule has 0 unspecified atom stereocenters. The molecule has 5 rings (SSSR count). The number of hydrogen-bond donors (Lipinski definition) is 0. The highest BCUT2D eigenvalue weighted by molar-refractivity contribution is 7.21. The summed E-state index contributed by atoms with van der Waals surface area (Å²) in [6.07, 6.45) is 0. The van der Waals surface area contributed by atoms with E-state index in [0.717, 1.165) is 30.3 Å². The molecule has 0 spiro atoms. The number of thiazole rings is 1. The highest BCUT2D eigenvalue weighted by atomic mass is 35.5. The number of benzene rings is 2. The molecule has 0 atom stereocenters. The number of nitro groups is 1. The molecular weight excluding hydrogens is 492 g/mol. The number of hydrogen-bond acceptors (Lipinski definition) is 7. The highest BCUT2D eigenvalue weighted by Gasteiger charge is 2.27. The number of halogens is 1. The number of carbonyl (C=O) groups is 1. The van der Waals surface area contributed by atoms with E-state index >= 15 is 0 Å². The van der Waals surface area contributed by atoms with Gasteiger partial charge in [-0.15, -0.1) is 22.7 Å². The van der Waals surface area contributed by atoms with Gasteiger partial charge >= 0.3 is 0 Å². The summed E-state index contributed by atoms with van der Waals surface area (Å²) < 4.78 is 0.647.